The van der Waals surface area contributed by atoms with Gasteiger partial charge in [0.2, 0.25) is 5.91 Å². The summed E-state index contributed by atoms with van der Waals surface area (Å²) in [5, 5.41) is 15.1. The maximum absolute atomic E-state index is 13.4. The Morgan fingerprint density at radius 1 is 1.11 bits per heavy atom. The van der Waals surface area contributed by atoms with Crippen LogP contribution in [0.1, 0.15) is 38.0 Å². The number of aliphatic hydroxyl groups excluding tert-OH is 1. The molecule has 0 fully saturated rings. The molecule has 1 amide bonds. The van der Waals surface area contributed by atoms with Gasteiger partial charge in [-0.25, -0.2) is 9.07 Å². The van der Waals surface area contributed by atoms with Crippen molar-refractivity contribution in [1.82, 2.24) is 9.78 Å². The Balaban J connectivity index is 1.48. The van der Waals surface area contributed by atoms with E-state index < -0.39 is 5.41 Å². The Labute approximate surface area is 203 Å². The number of fused-ring (bicyclic) bond motifs is 2. The van der Waals surface area contributed by atoms with E-state index in [9.17, 15) is 14.3 Å². The van der Waals surface area contributed by atoms with E-state index in [0.717, 1.165) is 33.4 Å². The van der Waals surface area contributed by atoms with Gasteiger partial charge >= 0.3 is 0 Å². The molecule has 180 valence electrons. The largest absolute Gasteiger partial charge is 0.483 e. The predicted molar refractivity (Wildman–Crippen MR) is 133 cm³/mol. The molecule has 1 aromatic heterocycles. The third-order valence-electron chi connectivity index (χ3n) is 6.66. The Morgan fingerprint density at radius 3 is 2.57 bits per heavy atom. The summed E-state index contributed by atoms with van der Waals surface area (Å²) in [6.07, 6.45) is 1.38. The van der Waals surface area contributed by atoms with Gasteiger partial charge in [-0.05, 0) is 76.2 Å². The second kappa shape index (κ2) is 8.50. The lowest BCUT2D eigenvalue weighted by Crippen LogP contribution is -2.46. The monoisotopic (exact) mass is 473 g/mol. The van der Waals surface area contributed by atoms with Crippen molar-refractivity contribution >= 4 is 22.5 Å². The predicted octanol–water partition coefficient (Wildman–Crippen LogP) is 5.35. The van der Waals surface area contributed by atoms with Crippen molar-refractivity contribution in [2.75, 3.05) is 11.5 Å². The highest BCUT2D eigenvalue weighted by atomic mass is 19.1. The maximum atomic E-state index is 13.4. The first kappa shape index (κ1) is 23.1. The summed E-state index contributed by atoms with van der Waals surface area (Å²) < 4.78 is 21.6. The molecular formula is C28H28FN3O3. The highest BCUT2D eigenvalue weighted by molar-refractivity contribution is 6.00. The molecule has 2 heterocycles. The number of halogens is 1. The molecule has 3 aromatic carbocycles. The number of hydrogen-bond acceptors (Lipinski definition) is 4. The number of anilines is 1. The summed E-state index contributed by atoms with van der Waals surface area (Å²) in [6, 6.07) is 17.6. The molecule has 0 radical (unpaired) electrons. The Morgan fingerprint density at radius 2 is 1.86 bits per heavy atom. The van der Waals surface area contributed by atoms with Gasteiger partial charge in [-0.15, -0.1) is 0 Å². The van der Waals surface area contributed by atoms with Crippen LogP contribution in [0.5, 0.6) is 5.75 Å². The van der Waals surface area contributed by atoms with E-state index in [-0.39, 0.29) is 30.5 Å². The second-order valence-corrected chi connectivity index (χ2v) is 9.81. The molecular weight excluding hydrogens is 445 g/mol. The summed E-state index contributed by atoms with van der Waals surface area (Å²) in [7, 11) is 0. The molecule has 0 aliphatic carbocycles. The number of benzene rings is 3. The van der Waals surface area contributed by atoms with Crippen molar-refractivity contribution in [3.8, 4) is 11.4 Å². The third kappa shape index (κ3) is 3.96. The van der Waals surface area contributed by atoms with Gasteiger partial charge in [0.05, 0.1) is 41.2 Å². The summed E-state index contributed by atoms with van der Waals surface area (Å²) in [6.45, 7) is 7.24. The van der Waals surface area contributed by atoms with Crippen LogP contribution in [0.3, 0.4) is 0 Å². The van der Waals surface area contributed by atoms with Gasteiger partial charge in [0.1, 0.15) is 17.7 Å². The number of aromatic nitrogens is 2. The maximum Gasteiger partial charge on any atom is 0.235 e. The number of aliphatic hydroxyl groups is 1. The summed E-state index contributed by atoms with van der Waals surface area (Å²) in [5.74, 6) is 0.230. The molecule has 4 aromatic rings. The number of aryl methyl sites for hydroxylation is 1. The fraction of sp³-hybridized carbons (Fsp3) is 0.286. The van der Waals surface area contributed by atoms with Crippen LogP contribution < -0.4 is 9.64 Å². The van der Waals surface area contributed by atoms with Crippen molar-refractivity contribution in [1.29, 1.82) is 0 Å². The van der Waals surface area contributed by atoms with Crippen LogP contribution in [0.4, 0.5) is 10.1 Å². The molecule has 0 bridgehead atoms. The number of amides is 1. The second-order valence-electron chi connectivity index (χ2n) is 9.81. The topological polar surface area (TPSA) is 67.6 Å². The highest BCUT2D eigenvalue weighted by Gasteiger charge is 2.44. The third-order valence-corrected chi connectivity index (χ3v) is 6.66. The van der Waals surface area contributed by atoms with Gasteiger partial charge in [-0.3, -0.25) is 4.79 Å². The fourth-order valence-corrected chi connectivity index (χ4v) is 4.60. The number of nitrogens with zero attached hydrogens (tertiary/aromatic N) is 3. The van der Waals surface area contributed by atoms with Crippen LogP contribution in [0.15, 0.2) is 66.9 Å². The number of ether oxygens (including phenoxy) is 1. The Kier molecular flexibility index (Phi) is 5.60. The molecule has 7 heteroatoms. The molecule has 1 aliphatic heterocycles. The van der Waals surface area contributed by atoms with Crippen LogP contribution in [-0.2, 0) is 4.79 Å². The Hall–Kier alpha value is -3.71. The van der Waals surface area contributed by atoms with Gasteiger partial charge < -0.3 is 14.7 Å². The normalized spacial score (nSPS) is 17.6. The van der Waals surface area contributed by atoms with E-state index in [4.69, 9.17) is 4.74 Å². The van der Waals surface area contributed by atoms with E-state index in [2.05, 4.69) is 11.2 Å². The Bertz CT molecular complexity index is 1410. The summed E-state index contributed by atoms with van der Waals surface area (Å²) in [4.78, 5) is 15.1. The zero-order valence-electron chi connectivity index (χ0n) is 20.2. The average Bonchev–Trinajstić information content (AvgIpc) is 3.37. The van der Waals surface area contributed by atoms with Crippen LogP contribution >= 0.6 is 0 Å². The van der Waals surface area contributed by atoms with E-state index in [1.807, 2.05) is 44.2 Å². The zero-order chi connectivity index (χ0) is 24.9. The molecule has 1 aliphatic rings. The molecule has 35 heavy (non-hydrogen) atoms. The van der Waals surface area contributed by atoms with Crippen molar-refractivity contribution < 1.29 is 19.0 Å². The van der Waals surface area contributed by atoms with Crippen LogP contribution in [-0.4, -0.2) is 33.4 Å². The minimum atomic E-state index is -0.904. The van der Waals surface area contributed by atoms with Crippen molar-refractivity contribution in [2.45, 2.75) is 39.8 Å². The minimum Gasteiger partial charge on any atom is -0.483 e. The number of carbonyl (C=O) groups is 1. The minimum absolute atomic E-state index is 0.139. The number of hydrogen-bond donors (Lipinski definition) is 1. The van der Waals surface area contributed by atoms with E-state index >= 15 is 0 Å². The molecule has 5 rings (SSSR count). The molecule has 0 unspecified atom stereocenters. The summed E-state index contributed by atoms with van der Waals surface area (Å²) in [5.41, 5.74) is 3.58. The lowest BCUT2D eigenvalue weighted by atomic mass is 9.92. The molecule has 2 atom stereocenters. The molecule has 1 N–H and O–H groups in total. The summed E-state index contributed by atoms with van der Waals surface area (Å²) >= 11 is 0. The first-order valence-electron chi connectivity index (χ1n) is 11.6. The zero-order valence-corrected chi connectivity index (χ0v) is 20.2. The lowest BCUT2D eigenvalue weighted by Gasteiger charge is -2.32. The van der Waals surface area contributed by atoms with Gasteiger partial charge in [0, 0.05) is 10.9 Å². The molecule has 0 spiro atoms. The highest BCUT2D eigenvalue weighted by Crippen LogP contribution is 2.44. The van der Waals surface area contributed by atoms with Gasteiger partial charge in [0.15, 0.2) is 0 Å². The average molecular weight is 474 g/mol. The molecule has 0 saturated heterocycles. The van der Waals surface area contributed by atoms with Crippen LogP contribution in [0.25, 0.3) is 16.6 Å². The van der Waals surface area contributed by atoms with Crippen molar-refractivity contribution in [3.05, 3.63) is 83.8 Å². The molecule has 6 nitrogen and oxygen atoms in total. The van der Waals surface area contributed by atoms with Crippen LogP contribution in [0.2, 0.25) is 0 Å². The van der Waals surface area contributed by atoms with E-state index in [1.54, 1.807) is 41.8 Å². The van der Waals surface area contributed by atoms with Crippen molar-refractivity contribution in [3.63, 3.8) is 0 Å². The SMILES string of the molecule is Cc1ccc2c(c1)[C@@H](Oc1ccc3c(cnn3-c3ccc(F)cc3)c1)[C@H](C)N2C(=O)C(C)(C)CO. The lowest BCUT2D eigenvalue weighted by molar-refractivity contribution is -0.129. The first-order chi connectivity index (χ1) is 16.7. The van der Waals surface area contributed by atoms with Crippen molar-refractivity contribution in [2.24, 2.45) is 5.41 Å². The van der Waals surface area contributed by atoms with Gasteiger partial charge in [0.25, 0.3) is 0 Å². The van der Waals surface area contributed by atoms with Crippen LogP contribution in [0, 0.1) is 18.2 Å². The first-order valence-corrected chi connectivity index (χ1v) is 11.6. The van der Waals surface area contributed by atoms with E-state index in [1.165, 1.54) is 12.1 Å². The number of rotatable bonds is 5. The fourth-order valence-electron chi connectivity index (χ4n) is 4.60. The molecule has 0 saturated carbocycles. The van der Waals surface area contributed by atoms with Gasteiger partial charge in [-0.2, -0.15) is 5.10 Å². The standard InChI is InChI=1S/C28H28FN3O3/c1-17-5-11-25-23(13-17)26(18(2)31(25)27(34)28(3,4)16-33)35-22-10-12-24-19(14-22)15-30-32(24)21-8-6-20(29)7-9-21/h5-15,18,26,33H,16H2,1-4H3/t18-,26-/m0/s1. The smallest absolute Gasteiger partial charge is 0.235 e. The quantitative estimate of drug-likeness (QED) is 0.425. The van der Waals surface area contributed by atoms with E-state index in [0.29, 0.717) is 5.75 Å². The van der Waals surface area contributed by atoms with Gasteiger partial charge in [-0.1, -0.05) is 17.7 Å². The number of carbonyl (C=O) groups excluding carboxylic acids is 1.